The maximum Gasteiger partial charge on any atom is 0.273 e. The standard InChI is InChI=1S/C10H15ClN4O/c1-12-4-3-5-15(2)10(16)8-6-14-9(11)7-13-8/h6-7,12H,3-5H2,1-2H3. The molecule has 5 nitrogen and oxygen atoms in total. The van der Waals surface area contributed by atoms with E-state index in [4.69, 9.17) is 11.6 Å². The second-order valence-electron chi connectivity index (χ2n) is 3.41. The molecule has 0 aliphatic rings. The molecule has 1 N–H and O–H groups in total. The van der Waals surface area contributed by atoms with Crippen LogP contribution in [0.25, 0.3) is 0 Å². The molecule has 0 aromatic carbocycles. The van der Waals surface area contributed by atoms with Gasteiger partial charge in [-0.15, -0.1) is 0 Å². The average molecular weight is 243 g/mol. The number of nitrogens with one attached hydrogen (secondary N) is 1. The molecule has 1 amide bonds. The first-order chi connectivity index (χ1) is 7.65. The maximum atomic E-state index is 11.8. The zero-order valence-electron chi connectivity index (χ0n) is 9.40. The lowest BCUT2D eigenvalue weighted by Crippen LogP contribution is -2.30. The summed E-state index contributed by atoms with van der Waals surface area (Å²) in [7, 11) is 3.63. The quantitative estimate of drug-likeness (QED) is 0.777. The van der Waals surface area contributed by atoms with Gasteiger partial charge >= 0.3 is 0 Å². The van der Waals surface area contributed by atoms with E-state index in [0.29, 0.717) is 12.2 Å². The summed E-state index contributed by atoms with van der Waals surface area (Å²) in [4.78, 5) is 21.2. The number of rotatable bonds is 5. The van der Waals surface area contributed by atoms with Crippen LogP contribution in [0, 0.1) is 0 Å². The summed E-state index contributed by atoms with van der Waals surface area (Å²) < 4.78 is 0. The number of hydrogen-bond acceptors (Lipinski definition) is 4. The van der Waals surface area contributed by atoms with Crippen LogP contribution >= 0.6 is 11.6 Å². The SMILES string of the molecule is CNCCCN(C)C(=O)c1cnc(Cl)cn1. The Bertz CT molecular complexity index is 341. The fourth-order valence-corrected chi connectivity index (χ4v) is 1.31. The van der Waals surface area contributed by atoms with Gasteiger partial charge in [0.2, 0.25) is 0 Å². The molecule has 0 spiro atoms. The molecular formula is C10H15ClN4O. The lowest BCUT2D eigenvalue weighted by Gasteiger charge is -2.16. The summed E-state index contributed by atoms with van der Waals surface area (Å²) in [6, 6.07) is 0. The summed E-state index contributed by atoms with van der Waals surface area (Å²) >= 11 is 5.59. The Morgan fingerprint density at radius 3 is 2.81 bits per heavy atom. The number of hydrogen-bond donors (Lipinski definition) is 1. The summed E-state index contributed by atoms with van der Waals surface area (Å²) in [6.07, 6.45) is 3.66. The van der Waals surface area contributed by atoms with Crippen molar-refractivity contribution in [1.82, 2.24) is 20.2 Å². The molecule has 88 valence electrons. The third-order valence-corrected chi connectivity index (χ3v) is 2.30. The van der Waals surface area contributed by atoms with Gasteiger partial charge in [0.15, 0.2) is 0 Å². The smallest absolute Gasteiger partial charge is 0.273 e. The van der Waals surface area contributed by atoms with Gasteiger partial charge in [-0.25, -0.2) is 9.97 Å². The van der Waals surface area contributed by atoms with E-state index in [1.807, 2.05) is 7.05 Å². The highest BCUT2D eigenvalue weighted by Crippen LogP contribution is 2.03. The lowest BCUT2D eigenvalue weighted by atomic mass is 10.3. The Kier molecular flexibility index (Phi) is 5.14. The zero-order chi connectivity index (χ0) is 12.0. The van der Waals surface area contributed by atoms with Crippen LogP contribution in [-0.2, 0) is 0 Å². The van der Waals surface area contributed by atoms with Crippen molar-refractivity contribution in [2.75, 3.05) is 27.2 Å². The predicted octanol–water partition coefficient (Wildman–Crippen LogP) is 0.811. The second kappa shape index (κ2) is 6.40. The van der Waals surface area contributed by atoms with E-state index >= 15 is 0 Å². The minimum atomic E-state index is -0.139. The third-order valence-electron chi connectivity index (χ3n) is 2.11. The Morgan fingerprint density at radius 2 is 2.25 bits per heavy atom. The molecule has 1 aromatic rings. The first kappa shape index (κ1) is 12.9. The molecule has 1 aromatic heterocycles. The van der Waals surface area contributed by atoms with Crippen molar-refractivity contribution in [3.63, 3.8) is 0 Å². The molecule has 0 fully saturated rings. The molecule has 0 aliphatic carbocycles. The summed E-state index contributed by atoms with van der Waals surface area (Å²) in [6.45, 7) is 1.56. The van der Waals surface area contributed by atoms with Crippen LogP contribution in [-0.4, -0.2) is 48.0 Å². The number of halogens is 1. The van der Waals surface area contributed by atoms with Crippen LogP contribution in [0.2, 0.25) is 5.15 Å². The molecule has 0 radical (unpaired) electrons. The van der Waals surface area contributed by atoms with Crippen molar-refractivity contribution >= 4 is 17.5 Å². The largest absolute Gasteiger partial charge is 0.340 e. The molecular weight excluding hydrogens is 228 g/mol. The minimum absolute atomic E-state index is 0.139. The van der Waals surface area contributed by atoms with Crippen molar-refractivity contribution in [2.24, 2.45) is 0 Å². The van der Waals surface area contributed by atoms with E-state index < -0.39 is 0 Å². The van der Waals surface area contributed by atoms with Crippen LogP contribution in [0.4, 0.5) is 0 Å². The van der Waals surface area contributed by atoms with E-state index in [1.54, 1.807) is 11.9 Å². The average Bonchev–Trinajstić information content (AvgIpc) is 2.29. The molecule has 16 heavy (non-hydrogen) atoms. The normalized spacial score (nSPS) is 10.2. The number of aromatic nitrogens is 2. The highest BCUT2D eigenvalue weighted by atomic mass is 35.5. The highest BCUT2D eigenvalue weighted by molar-refractivity contribution is 6.29. The minimum Gasteiger partial charge on any atom is -0.340 e. The van der Waals surface area contributed by atoms with E-state index in [-0.39, 0.29) is 11.1 Å². The number of carbonyl (C=O) groups is 1. The first-order valence-corrected chi connectivity index (χ1v) is 5.40. The summed E-state index contributed by atoms with van der Waals surface area (Å²) in [5.74, 6) is -0.139. The highest BCUT2D eigenvalue weighted by Gasteiger charge is 2.12. The molecule has 0 atom stereocenters. The first-order valence-electron chi connectivity index (χ1n) is 5.02. The topological polar surface area (TPSA) is 58.1 Å². The Balaban J connectivity index is 2.53. The van der Waals surface area contributed by atoms with Crippen LogP contribution in [0.15, 0.2) is 12.4 Å². The molecule has 1 rings (SSSR count). The van der Waals surface area contributed by atoms with Gasteiger partial charge in [0.1, 0.15) is 10.8 Å². The monoisotopic (exact) mass is 242 g/mol. The van der Waals surface area contributed by atoms with Gasteiger partial charge in [0, 0.05) is 13.6 Å². The van der Waals surface area contributed by atoms with Crippen LogP contribution in [0.5, 0.6) is 0 Å². The number of nitrogens with zero attached hydrogens (tertiary/aromatic N) is 3. The number of carbonyl (C=O) groups excluding carboxylic acids is 1. The van der Waals surface area contributed by atoms with Crippen LogP contribution in [0.1, 0.15) is 16.9 Å². The molecule has 0 saturated heterocycles. The van der Waals surface area contributed by atoms with Gasteiger partial charge in [-0.3, -0.25) is 4.79 Å². The van der Waals surface area contributed by atoms with Crippen molar-refractivity contribution in [2.45, 2.75) is 6.42 Å². The Labute approximate surface area is 99.8 Å². The van der Waals surface area contributed by atoms with Gasteiger partial charge in [0.25, 0.3) is 5.91 Å². The van der Waals surface area contributed by atoms with E-state index in [0.717, 1.165) is 13.0 Å². The van der Waals surface area contributed by atoms with Crippen molar-refractivity contribution in [3.8, 4) is 0 Å². The van der Waals surface area contributed by atoms with Gasteiger partial charge < -0.3 is 10.2 Å². The third kappa shape index (κ3) is 3.75. The molecule has 0 bridgehead atoms. The molecule has 6 heteroatoms. The predicted molar refractivity (Wildman–Crippen MR) is 62.5 cm³/mol. The van der Waals surface area contributed by atoms with Crippen molar-refractivity contribution in [1.29, 1.82) is 0 Å². The van der Waals surface area contributed by atoms with E-state index in [2.05, 4.69) is 15.3 Å². The van der Waals surface area contributed by atoms with Gasteiger partial charge in [0.05, 0.1) is 12.4 Å². The summed E-state index contributed by atoms with van der Waals surface area (Å²) in [5, 5.41) is 3.31. The molecule has 0 unspecified atom stereocenters. The fraction of sp³-hybridized carbons (Fsp3) is 0.500. The Hall–Kier alpha value is -1.20. The van der Waals surface area contributed by atoms with E-state index in [9.17, 15) is 4.79 Å². The lowest BCUT2D eigenvalue weighted by molar-refractivity contribution is 0.0787. The maximum absolute atomic E-state index is 11.8. The van der Waals surface area contributed by atoms with Crippen molar-refractivity contribution < 1.29 is 4.79 Å². The summed E-state index contributed by atoms with van der Waals surface area (Å²) in [5.41, 5.74) is 0.316. The van der Waals surface area contributed by atoms with Gasteiger partial charge in [-0.05, 0) is 20.0 Å². The fourth-order valence-electron chi connectivity index (χ4n) is 1.21. The molecule has 0 saturated carbocycles. The molecule has 1 heterocycles. The van der Waals surface area contributed by atoms with Crippen LogP contribution in [0.3, 0.4) is 0 Å². The van der Waals surface area contributed by atoms with Crippen LogP contribution < -0.4 is 5.32 Å². The zero-order valence-corrected chi connectivity index (χ0v) is 10.2. The van der Waals surface area contributed by atoms with Gasteiger partial charge in [-0.2, -0.15) is 0 Å². The van der Waals surface area contributed by atoms with Crippen molar-refractivity contribution in [3.05, 3.63) is 23.2 Å². The van der Waals surface area contributed by atoms with Gasteiger partial charge in [-0.1, -0.05) is 11.6 Å². The Morgan fingerprint density at radius 1 is 1.50 bits per heavy atom. The second-order valence-corrected chi connectivity index (χ2v) is 3.80. The number of amides is 1. The van der Waals surface area contributed by atoms with E-state index in [1.165, 1.54) is 12.4 Å². The molecule has 0 aliphatic heterocycles.